The zero-order chi connectivity index (χ0) is 14.0. The zero-order valence-electron chi connectivity index (χ0n) is 10.6. The van der Waals surface area contributed by atoms with Crippen molar-refractivity contribution in [3.63, 3.8) is 0 Å². The maximum absolute atomic E-state index is 13.8. The van der Waals surface area contributed by atoms with Crippen molar-refractivity contribution in [2.24, 2.45) is 0 Å². The second-order valence-corrected chi connectivity index (χ2v) is 6.98. The van der Waals surface area contributed by atoms with Gasteiger partial charge in [0.25, 0.3) is 0 Å². The Bertz CT molecular complexity index is 583. The lowest BCUT2D eigenvalue weighted by atomic mass is 10.1. The van der Waals surface area contributed by atoms with Crippen LogP contribution < -0.4 is 5.32 Å². The van der Waals surface area contributed by atoms with Gasteiger partial charge in [-0.2, -0.15) is 0 Å². The summed E-state index contributed by atoms with van der Waals surface area (Å²) in [6.07, 6.45) is 0. The molecule has 1 N–H and O–H groups in total. The fourth-order valence-corrected chi connectivity index (χ4v) is 3.24. The average Bonchev–Trinajstić information content (AvgIpc) is 2.77. The van der Waals surface area contributed by atoms with Crippen LogP contribution in [0.2, 0.25) is 0 Å². The van der Waals surface area contributed by atoms with Crippen LogP contribution in [-0.2, 0) is 6.54 Å². The van der Waals surface area contributed by atoms with Gasteiger partial charge < -0.3 is 5.32 Å². The van der Waals surface area contributed by atoms with Gasteiger partial charge in [-0.25, -0.2) is 8.78 Å². The third-order valence-electron chi connectivity index (χ3n) is 2.96. The van der Waals surface area contributed by atoms with Gasteiger partial charge in [0.2, 0.25) is 0 Å². The number of rotatable bonds is 4. The number of halogens is 3. The molecule has 102 valence electrons. The number of aryl methyl sites for hydroxylation is 1. The first-order valence-corrected chi connectivity index (χ1v) is 7.51. The quantitative estimate of drug-likeness (QED) is 0.826. The molecule has 0 aliphatic heterocycles. The van der Waals surface area contributed by atoms with E-state index in [4.69, 9.17) is 0 Å². The molecule has 0 aliphatic carbocycles. The van der Waals surface area contributed by atoms with E-state index in [0.29, 0.717) is 17.7 Å². The first kappa shape index (κ1) is 14.6. The number of hydrogen-bond donors (Lipinski definition) is 1. The van der Waals surface area contributed by atoms with Crippen LogP contribution in [0.3, 0.4) is 0 Å². The highest BCUT2D eigenvalue weighted by molar-refractivity contribution is 9.11. The molecule has 1 nitrogen and oxygen atoms in total. The summed E-state index contributed by atoms with van der Waals surface area (Å²) < 4.78 is 28.3. The SMILES string of the molecule is Cc1cc(F)c(C(C)NCc2ccc(Br)s2)cc1F. The molecule has 0 saturated carbocycles. The molecular formula is C14H14BrF2NS. The summed E-state index contributed by atoms with van der Waals surface area (Å²) in [5, 5.41) is 3.20. The predicted octanol–water partition coefficient (Wildman–Crippen LogP) is 4.95. The summed E-state index contributed by atoms with van der Waals surface area (Å²) in [5.74, 6) is -0.741. The van der Waals surface area contributed by atoms with Gasteiger partial charge in [0.15, 0.2) is 0 Å². The summed E-state index contributed by atoms with van der Waals surface area (Å²) in [6.45, 7) is 4.02. The van der Waals surface area contributed by atoms with Gasteiger partial charge in [0.1, 0.15) is 11.6 Å². The molecule has 1 heterocycles. The lowest BCUT2D eigenvalue weighted by molar-refractivity contribution is 0.518. The largest absolute Gasteiger partial charge is 0.305 e. The van der Waals surface area contributed by atoms with Crippen molar-refractivity contribution in [2.45, 2.75) is 26.4 Å². The van der Waals surface area contributed by atoms with Crippen LogP contribution in [0, 0.1) is 18.6 Å². The molecule has 1 aromatic heterocycles. The standard InChI is InChI=1S/C14H14BrF2NS/c1-8-5-13(17)11(6-12(8)16)9(2)18-7-10-3-4-14(15)19-10/h3-6,9,18H,7H2,1-2H3. The van der Waals surface area contributed by atoms with Gasteiger partial charge in [-0.05, 0) is 59.6 Å². The summed E-state index contributed by atoms with van der Waals surface area (Å²) in [6, 6.07) is 6.24. The molecule has 1 unspecified atom stereocenters. The van der Waals surface area contributed by atoms with E-state index in [1.165, 1.54) is 12.1 Å². The Morgan fingerprint density at radius 1 is 1.26 bits per heavy atom. The molecular weight excluding hydrogens is 332 g/mol. The van der Waals surface area contributed by atoms with E-state index in [-0.39, 0.29) is 17.7 Å². The predicted molar refractivity (Wildman–Crippen MR) is 78.4 cm³/mol. The third kappa shape index (κ3) is 3.61. The van der Waals surface area contributed by atoms with Gasteiger partial charge in [0.05, 0.1) is 3.79 Å². The van der Waals surface area contributed by atoms with E-state index < -0.39 is 0 Å². The molecule has 0 bridgehead atoms. The summed E-state index contributed by atoms with van der Waals surface area (Å²) in [5.41, 5.74) is 0.689. The number of hydrogen-bond acceptors (Lipinski definition) is 2. The Kier molecular flexibility index (Phi) is 4.71. The van der Waals surface area contributed by atoms with E-state index >= 15 is 0 Å². The lowest BCUT2D eigenvalue weighted by Gasteiger charge is -2.15. The second kappa shape index (κ2) is 6.11. The third-order valence-corrected chi connectivity index (χ3v) is 4.58. The highest BCUT2D eigenvalue weighted by atomic mass is 79.9. The highest BCUT2D eigenvalue weighted by Crippen LogP contribution is 2.24. The van der Waals surface area contributed by atoms with Crippen LogP contribution in [0.15, 0.2) is 28.1 Å². The van der Waals surface area contributed by atoms with Crippen molar-refractivity contribution < 1.29 is 8.78 Å². The van der Waals surface area contributed by atoms with E-state index in [0.717, 1.165) is 8.66 Å². The number of thiophene rings is 1. The Hall–Kier alpha value is -0.780. The number of benzene rings is 1. The van der Waals surface area contributed by atoms with Crippen LogP contribution >= 0.6 is 27.3 Å². The van der Waals surface area contributed by atoms with E-state index in [2.05, 4.69) is 21.2 Å². The first-order chi connectivity index (χ1) is 8.97. The molecule has 0 radical (unpaired) electrons. The minimum absolute atomic E-state index is 0.240. The molecule has 2 rings (SSSR count). The smallest absolute Gasteiger partial charge is 0.128 e. The Balaban J connectivity index is 2.07. The topological polar surface area (TPSA) is 12.0 Å². The molecule has 0 amide bonds. The highest BCUT2D eigenvalue weighted by Gasteiger charge is 2.13. The van der Waals surface area contributed by atoms with Crippen molar-refractivity contribution in [1.82, 2.24) is 5.32 Å². The molecule has 1 aromatic carbocycles. The first-order valence-electron chi connectivity index (χ1n) is 5.90. The van der Waals surface area contributed by atoms with Crippen LogP contribution in [0.1, 0.15) is 29.0 Å². The minimum Gasteiger partial charge on any atom is -0.305 e. The van der Waals surface area contributed by atoms with Crippen LogP contribution in [0.25, 0.3) is 0 Å². The zero-order valence-corrected chi connectivity index (χ0v) is 13.0. The molecule has 0 aliphatic rings. The molecule has 0 spiro atoms. The number of nitrogens with one attached hydrogen (secondary N) is 1. The van der Waals surface area contributed by atoms with Gasteiger partial charge in [0, 0.05) is 23.0 Å². The molecule has 5 heteroatoms. The van der Waals surface area contributed by atoms with Crippen molar-refractivity contribution in [1.29, 1.82) is 0 Å². The Morgan fingerprint density at radius 2 is 2.00 bits per heavy atom. The Morgan fingerprint density at radius 3 is 2.63 bits per heavy atom. The van der Waals surface area contributed by atoms with Crippen LogP contribution in [0.5, 0.6) is 0 Å². The van der Waals surface area contributed by atoms with Crippen molar-refractivity contribution in [2.75, 3.05) is 0 Å². The lowest BCUT2D eigenvalue weighted by Crippen LogP contribution is -2.19. The Labute approximate surface area is 123 Å². The maximum atomic E-state index is 13.8. The average molecular weight is 346 g/mol. The van der Waals surface area contributed by atoms with E-state index in [9.17, 15) is 8.78 Å². The summed E-state index contributed by atoms with van der Waals surface area (Å²) in [7, 11) is 0. The van der Waals surface area contributed by atoms with E-state index in [1.54, 1.807) is 18.3 Å². The van der Waals surface area contributed by atoms with Gasteiger partial charge in [-0.3, -0.25) is 0 Å². The van der Waals surface area contributed by atoms with E-state index in [1.807, 2.05) is 19.1 Å². The molecule has 0 saturated heterocycles. The second-order valence-electron chi connectivity index (χ2n) is 4.43. The van der Waals surface area contributed by atoms with Gasteiger partial charge in [-0.1, -0.05) is 0 Å². The molecule has 19 heavy (non-hydrogen) atoms. The maximum Gasteiger partial charge on any atom is 0.128 e. The molecule has 2 aromatic rings. The fourth-order valence-electron chi connectivity index (χ4n) is 1.80. The van der Waals surface area contributed by atoms with Gasteiger partial charge in [-0.15, -0.1) is 11.3 Å². The molecule has 1 atom stereocenters. The van der Waals surface area contributed by atoms with Crippen molar-refractivity contribution >= 4 is 27.3 Å². The van der Waals surface area contributed by atoms with Crippen LogP contribution in [0.4, 0.5) is 8.78 Å². The fraction of sp³-hybridized carbons (Fsp3) is 0.286. The summed E-state index contributed by atoms with van der Waals surface area (Å²) >= 11 is 5.02. The summed E-state index contributed by atoms with van der Waals surface area (Å²) in [4.78, 5) is 1.15. The van der Waals surface area contributed by atoms with Crippen molar-refractivity contribution in [3.05, 3.63) is 55.7 Å². The normalized spacial score (nSPS) is 12.7. The molecule has 0 fully saturated rings. The van der Waals surface area contributed by atoms with Crippen molar-refractivity contribution in [3.8, 4) is 0 Å². The minimum atomic E-state index is -0.371. The van der Waals surface area contributed by atoms with Gasteiger partial charge >= 0.3 is 0 Å². The van der Waals surface area contributed by atoms with Crippen LogP contribution in [-0.4, -0.2) is 0 Å². The monoisotopic (exact) mass is 345 g/mol.